The first kappa shape index (κ1) is 14.4. The lowest BCUT2D eigenvalue weighted by Crippen LogP contribution is -2.25. The monoisotopic (exact) mass is 280 g/mol. The standard InChI is InChI=1S/C15H20O3S/c1-17-15-10-13(7-8-18-15)12-4-2-3-11(9-12)5-6-14(16)19/h2-4,9,13,15H,5-8,10H2,1H3,(H,16,19). The summed E-state index contributed by atoms with van der Waals surface area (Å²) in [5.74, 6) is 0.486. The van der Waals surface area contributed by atoms with Crippen LogP contribution in [0.3, 0.4) is 0 Å². The third-order valence-corrected chi connectivity index (χ3v) is 3.76. The van der Waals surface area contributed by atoms with Crippen LogP contribution < -0.4 is 0 Å². The molecule has 4 heteroatoms. The van der Waals surface area contributed by atoms with Gasteiger partial charge in [0.1, 0.15) is 0 Å². The van der Waals surface area contributed by atoms with Crippen LogP contribution >= 0.6 is 12.2 Å². The first-order chi connectivity index (χ1) is 9.19. The third kappa shape index (κ3) is 4.27. The Morgan fingerprint density at radius 3 is 3.11 bits per heavy atom. The highest BCUT2D eigenvalue weighted by Gasteiger charge is 2.23. The van der Waals surface area contributed by atoms with Crippen molar-refractivity contribution < 1.29 is 14.6 Å². The van der Waals surface area contributed by atoms with Crippen molar-refractivity contribution >= 4 is 17.3 Å². The van der Waals surface area contributed by atoms with Gasteiger partial charge in [-0.25, -0.2) is 0 Å². The molecule has 1 N–H and O–H groups in total. The molecular weight excluding hydrogens is 260 g/mol. The fourth-order valence-electron chi connectivity index (χ4n) is 2.48. The summed E-state index contributed by atoms with van der Waals surface area (Å²) in [7, 11) is 1.69. The molecule has 1 heterocycles. The molecule has 1 aromatic rings. The molecule has 1 aliphatic rings. The largest absolute Gasteiger partial charge is 0.502 e. The molecule has 0 aliphatic carbocycles. The molecule has 1 aromatic carbocycles. The van der Waals surface area contributed by atoms with Crippen LogP contribution in [0.25, 0.3) is 0 Å². The summed E-state index contributed by atoms with van der Waals surface area (Å²) < 4.78 is 10.8. The average molecular weight is 280 g/mol. The average Bonchev–Trinajstić information content (AvgIpc) is 2.45. The molecular formula is C15H20O3S. The maximum atomic E-state index is 9.10. The molecule has 1 fully saturated rings. The first-order valence-electron chi connectivity index (χ1n) is 6.64. The summed E-state index contributed by atoms with van der Waals surface area (Å²) in [4.78, 5) is 0. The van der Waals surface area contributed by atoms with Crippen molar-refractivity contribution in [3.8, 4) is 0 Å². The van der Waals surface area contributed by atoms with E-state index in [2.05, 4.69) is 24.3 Å². The molecule has 0 radical (unpaired) electrons. The van der Waals surface area contributed by atoms with E-state index in [4.69, 9.17) is 26.8 Å². The normalized spacial score (nSPS) is 23.2. The van der Waals surface area contributed by atoms with Gasteiger partial charge in [-0.05, 0) is 42.1 Å². The number of hydrogen-bond acceptors (Lipinski definition) is 3. The van der Waals surface area contributed by atoms with Crippen LogP contribution in [0.4, 0.5) is 0 Å². The summed E-state index contributed by atoms with van der Waals surface area (Å²) in [6.07, 6.45) is 3.18. The predicted octanol–water partition coefficient (Wildman–Crippen LogP) is 3.37. The molecule has 0 bridgehead atoms. The SMILES string of the molecule is COC1CC(c2cccc(CCC(O)=S)c2)CCO1. The predicted molar refractivity (Wildman–Crippen MR) is 78.7 cm³/mol. The number of methoxy groups -OCH3 is 1. The van der Waals surface area contributed by atoms with E-state index >= 15 is 0 Å². The van der Waals surface area contributed by atoms with Gasteiger partial charge in [0.25, 0.3) is 0 Å². The van der Waals surface area contributed by atoms with E-state index in [9.17, 15) is 0 Å². The minimum absolute atomic E-state index is 0.0796. The van der Waals surface area contributed by atoms with Gasteiger partial charge >= 0.3 is 0 Å². The fraction of sp³-hybridized carbons (Fsp3) is 0.533. The molecule has 19 heavy (non-hydrogen) atoms. The van der Waals surface area contributed by atoms with Crippen LogP contribution in [0.5, 0.6) is 0 Å². The van der Waals surface area contributed by atoms with E-state index in [1.54, 1.807) is 7.11 Å². The Morgan fingerprint density at radius 1 is 1.53 bits per heavy atom. The third-order valence-electron chi connectivity index (χ3n) is 3.56. The van der Waals surface area contributed by atoms with Gasteiger partial charge in [-0.3, -0.25) is 0 Å². The van der Waals surface area contributed by atoms with Crippen molar-refractivity contribution in [1.29, 1.82) is 0 Å². The lowest BCUT2D eigenvalue weighted by molar-refractivity contribution is -0.150. The summed E-state index contributed by atoms with van der Waals surface area (Å²) in [5.41, 5.74) is 2.54. The fourth-order valence-corrected chi connectivity index (χ4v) is 2.58. The van der Waals surface area contributed by atoms with Crippen LogP contribution in [0.15, 0.2) is 24.3 Å². The Kier molecular flexibility index (Phi) is 5.31. The van der Waals surface area contributed by atoms with Gasteiger partial charge in [0.2, 0.25) is 0 Å². The van der Waals surface area contributed by atoms with E-state index in [0.717, 1.165) is 25.9 Å². The summed E-state index contributed by atoms with van der Waals surface area (Å²) in [6, 6.07) is 8.52. The number of thiocarbonyl (C=S) groups is 1. The van der Waals surface area contributed by atoms with E-state index in [1.807, 2.05) is 0 Å². The molecule has 3 nitrogen and oxygen atoms in total. The summed E-state index contributed by atoms with van der Waals surface area (Å²) in [6.45, 7) is 0.744. The highest BCUT2D eigenvalue weighted by Crippen LogP contribution is 2.30. The Balaban J connectivity index is 2.03. The van der Waals surface area contributed by atoms with Crippen LogP contribution in [0.1, 0.15) is 36.3 Å². The molecule has 1 aliphatic heterocycles. The number of aliphatic hydroxyl groups excluding tert-OH is 1. The van der Waals surface area contributed by atoms with Gasteiger partial charge in [-0.1, -0.05) is 24.3 Å². The van der Waals surface area contributed by atoms with Gasteiger partial charge in [0.05, 0.1) is 6.61 Å². The quantitative estimate of drug-likeness (QED) is 0.839. The maximum Gasteiger partial charge on any atom is 0.157 e. The second-order valence-electron chi connectivity index (χ2n) is 4.90. The van der Waals surface area contributed by atoms with Crippen molar-refractivity contribution in [2.24, 2.45) is 0 Å². The van der Waals surface area contributed by atoms with Gasteiger partial charge in [-0.2, -0.15) is 0 Å². The van der Waals surface area contributed by atoms with Crippen LogP contribution in [-0.4, -0.2) is 30.2 Å². The van der Waals surface area contributed by atoms with Crippen molar-refractivity contribution in [2.75, 3.05) is 13.7 Å². The second kappa shape index (κ2) is 6.98. The van der Waals surface area contributed by atoms with Gasteiger partial charge in [-0.15, -0.1) is 0 Å². The zero-order valence-electron chi connectivity index (χ0n) is 11.2. The van der Waals surface area contributed by atoms with Crippen LogP contribution in [0.2, 0.25) is 0 Å². The lowest BCUT2D eigenvalue weighted by atomic mass is 9.89. The van der Waals surface area contributed by atoms with Crippen molar-refractivity contribution in [1.82, 2.24) is 0 Å². The number of rotatable bonds is 5. The summed E-state index contributed by atoms with van der Waals surface area (Å²) in [5, 5.41) is 9.18. The molecule has 0 spiro atoms. The van der Waals surface area contributed by atoms with E-state index in [-0.39, 0.29) is 11.3 Å². The Bertz CT molecular complexity index is 433. The van der Waals surface area contributed by atoms with Crippen molar-refractivity contribution in [3.05, 3.63) is 35.4 Å². The number of hydrogen-bond donors (Lipinski definition) is 1. The molecule has 104 valence electrons. The second-order valence-corrected chi connectivity index (χ2v) is 5.37. The molecule has 1 saturated heterocycles. The smallest absolute Gasteiger partial charge is 0.157 e. The summed E-state index contributed by atoms with van der Waals surface area (Å²) >= 11 is 4.71. The number of aryl methyl sites for hydroxylation is 1. The molecule has 2 unspecified atom stereocenters. The zero-order chi connectivity index (χ0) is 13.7. The Hall–Kier alpha value is -0.970. The van der Waals surface area contributed by atoms with E-state index < -0.39 is 0 Å². The molecule has 2 atom stereocenters. The maximum absolute atomic E-state index is 9.10. The van der Waals surface area contributed by atoms with Gasteiger partial charge < -0.3 is 14.6 Å². The van der Waals surface area contributed by atoms with Crippen LogP contribution in [0, 0.1) is 0 Å². The molecule has 2 rings (SSSR count). The van der Waals surface area contributed by atoms with Gasteiger partial charge in [0.15, 0.2) is 11.3 Å². The van der Waals surface area contributed by atoms with Crippen molar-refractivity contribution in [3.63, 3.8) is 0 Å². The van der Waals surface area contributed by atoms with E-state index in [0.29, 0.717) is 12.3 Å². The minimum Gasteiger partial charge on any atom is -0.502 e. The lowest BCUT2D eigenvalue weighted by Gasteiger charge is -2.29. The van der Waals surface area contributed by atoms with Gasteiger partial charge in [0, 0.05) is 20.0 Å². The molecule has 0 saturated carbocycles. The first-order valence-corrected chi connectivity index (χ1v) is 7.05. The highest BCUT2D eigenvalue weighted by atomic mass is 32.1. The number of ether oxygens (including phenoxy) is 2. The molecule has 0 aromatic heterocycles. The Labute approximate surface area is 119 Å². The molecule has 0 amide bonds. The minimum atomic E-state index is -0.0903. The highest BCUT2D eigenvalue weighted by molar-refractivity contribution is 7.80. The number of benzene rings is 1. The van der Waals surface area contributed by atoms with Crippen molar-refractivity contribution in [2.45, 2.75) is 37.9 Å². The topological polar surface area (TPSA) is 38.7 Å². The number of aliphatic hydroxyl groups is 1. The zero-order valence-corrected chi connectivity index (χ0v) is 12.0. The van der Waals surface area contributed by atoms with Crippen LogP contribution in [-0.2, 0) is 15.9 Å². The van der Waals surface area contributed by atoms with E-state index in [1.165, 1.54) is 11.1 Å². The Morgan fingerprint density at radius 2 is 2.37 bits per heavy atom.